The number of rotatable bonds is 4. The van der Waals surface area contributed by atoms with Crippen LogP contribution in [0.4, 0.5) is 5.69 Å². The van der Waals surface area contributed by atoms with Gasteiger partial charge in [0.2, 0.25) is 5.91 Å². The van der Waals surface area contributed by atoms with Gasteiger partial charge in [-0.3, -0.25) is 4.79 Å². The molecule has 0 radical (unpaired) electrons. The second-order valence-corrected chi connectivity index (χ2v) is 5.45. The quantitative estimate of drug-likeness (QED) is 0.904. The van der Waals surface area contributed by atoms with Crippen LogP contribution in [0.2, 0.25) is 0 Å². The minimum absolute atomic E-state index is 0.116. The van der Waals surface area contributed by atoms with Gasteiger partial charge in [0.25, 0.3) is 0 Å². The average molecular weight is 260 g/mol. The number of nitrogens with zero attached hydrogens (tertiary/aromatic N) is 1. The molecule has 0 aliphatic heterocycles. The third-order valence-electron chi connectivity index (χ3n) is 4.17. The fourth-order valence-corrected chi connectivity index (χ4v) is 3.11. The van der Waals surface area contributed by atoms with Gasteiger partial charge < -0.3 is 10.6 Å². The Labute approximate surface area is 115 Å². The van der Waals surface area contributed by atoms with Crippen molar-refractivity contribution in [3.05, 3.63) is 29.8 Å². The van der Waals surface area contributed by atoms with Crippen LogP contribution in [0.1, 0.15) is 31.7 Å². The Bertz CT molecular complexity index is 444. The van der Waals surface area contributed by atoms with E-state index in [2.05, 4.69) is 19.1 Å². The Hall–Kier alpha value is -1.35. The lowest BCUT2D eigenvalue weighted by molar-refractivity contribution is -0.123. The molecule has 2 N–H and O–H groups in total. The number of aryl methyl sites for hydroxylation is 1. The molecule has 0 unspecified atom stereocenters. The van der Waals surface area contributed by atoms with Gasteiger partial charge in [0.1, 0.15) is 0 Å². The monoisotopic (exact) mass is 260 g/mol. The molecule has 2 atom stereocenters. The summed E-state index contributed by atoms with van der Waals surface area (Å²) in [5.41, 5.74) is 7.99. The second kappa shape index (κ2) is 6.20. The predicted octanol–water partition coefficient (Wildman–Crippen LogP) is 2.72. The molecule has 0 heterocycles. The molecule has 1 aliphatic rings. The number of amides is 1. The van der Waals surface area contributed by atoms with Crippen molar-refractivity contribution < 1.29 is 4.79 Å². The van der Waals surface area contributed by atoms with E-state index in [4.69, 9.17) is 5.73 Å². The zero-order valence-corrected chi connectivity index (χ0v) is 11.9. The van der Waals surface area contributed by atoms with Crippen LogP contribution in [0, 0.1) is 18.8 Å². The maximum Gasteiger partial charge on any atom is 0.230 e. The van der Waals surface area contributed by atoms with Gasteiger partial charge in [0.15, 0.2) is 0 Å². The molecular weight excluding hydrogens is 236 g/mol. The van der Waals surface area contributed by atoms with Crippen molar-refractivity contribution in [3.8, 4) is 0 Å². The topological polar surface area (TPSA) is 46.3 Å². The number of carbonyl (C=O) groups is 1. The highest BCUT2D eigenvalue weighted by Crippen LogP contribution is 2.33. The van der Waals surface area contributed by atoms with Crippen LogP contribution in [0.3, 0.4) is 0 Å². The van der Waals surface area contributed by atoms with Crippen LogP contribution in [-0.4, -0.2) is 19.0 Å². The summed E-state index contributed by atoms with van der Waals surface area (Å²) in [5.74, 6) is 0.734. The van der Waals surface area contributed by atoms with Crippen molar-refractivity contribution in [2.75, 3.05) is 18.0 Å². The van der Waals surface area contributed by atoms with Crippen molar-refractivity contribution in [1.82, 2.24) is 0 Å². The molecule has 0 saturated heterocycles. The Morgan fingerprint density at radius 2 is 2.21 bits per heavy atom. The molecule has 104 valence electrons. The average Bonchev–Trinajstić information content (AvgIpc) is 2.87. The zero-order valence-electron chi connectivity index (χ0n) is 11.9. The molecule has 1 aromatic rings. The summed E-state index contributed by atoms with van der Waals surface area (Å²) >= 11 is 0. The van der Waals surface area contributed by atoms with E-state index in [1.165, 1.54) is 5.56 Å². The van der Waals surface area contributed by atoms with E-state index in [1.54, 1.807) is 0 Å². The van der Waals surface area contributed by atoms with E-state index in [-0.39, 0.29) is 11.8 Å². The van der Waals surface area contributed by atoms with E-state index in [0.717, 1.165) is 31.5 Å². The maximum atomic E-state index is 12.7. The van der Waals surface area contributed by atoms with Crippen molar-refractivity contribution >= 4 is 11.6 Å². The first-order valence-electron chi connectivity index (χ1n) is 7.25. The number of anilines is 1. The SMILES string of the molecule is CCN(C(=O)[C@@H]1CCC[C@@H]1CN)c1cccc(C)c1. The maximum absolute atomic E-state index is 12.7. The van der Waals surface area contributed by atoms with Crippen LogP contribution < -0.4 is 10.6 Å². The molecule has 2 rings (SSSR count). The Morgan fingerprint density at radius 1 is 1.42 bits per heavy atom. The van der Waals surface area contributed by atoms with Crippen molar-refractivity contribution in [1.29, 1.82) is 0 Å². The van der Waals surface area contributed by atoms with Crippen LogP contribution in [0.15, 0.2) is 24.3 Å². The summed E-state index contributed by atoms with van der Waals surface area (Å²) in [5, 5.41) is 0. The van der Waals surface area contributed by atoms with Gasteiger partial charge in [-0.05, 0) is 56.8 Å². The largest absolute Gasteiger partial charge is 0.330 e. The molecular formula is C16H24N2O. The van der Waals surface area contributed by atoms with Crippen molar-refractivity contribution in [3.63, 3.8) is 0 Å². The molecule has 3 heteroatoms. The highest BCUT2D eigenvalue weighted by Gasteiger charge is 2.34. The molecule has 1 amide bonds. The molecule has 0 aromatic heterocycles. The van der Waals surface area contributed by atoms with Crippen molar-refractivity contribution in [2.24, 2.45) is 17.6 Å². The van der Waals surface area contributed by atoms with E-state index in [9.17, 15) is 4.79 Å². The molecule has 1 aromatic carbocycles. The van der Waals surface area contributed by atoms with Gasteiger partial charge in [0.05, 0.1) is 0 Å². The minimum atomic E-state index is 0.116. The summed E-state index contributed by atoms with van der Waals surface area (Å²) in [6.45, 7) is 5.44. The first kappa shape index (κ1) is 14.1. The zero-order chi connectivity index (χ0) is 13.8. The van der Waals surface area contributed by atoms with Gasteiger partial charge in [-0.1, -0.05) is 18.6 Å². The smallest absolute Gasteiger partial charge is 0.230 e. The van der Waals surface area contributed by atoms with Crippen LogP contribution in [-0.2, 0) is 4.79 Å². The highest BCUT2D eigenvalue weighted by atomic mass is 16.2. The fourth-order valence-electron chi connectivity index (χ4n) is 3.11. The molecule has 19 heavy (non-hydrogen) atoms. The summed E-state index contributed by atoms with van der Waals surface area (Å²) in [6.07, 6.45) is 3.21. The normalized spacial score (nSPS) is 22.5. The third kappa shape index (κ3) is 2.98. The Balaban J connectivity index is 2.19. The molecule has 0 bridgehead atoms. The second-order valence-electron chi connectivity index (χ2n) is 5.45. The molecule has 1 aliphatic carbocycles. The van der Waals surface area contributed by atoms with Crippen LogP contribution in [0.25, 0.3) is 0 Å². The first-order chi connectivity index (χ1) is 9.17. The summed E-state index contributed by atoms with van der Waals surface area (Å²) < 4.78 is 0. The van der Waals surface area contributed by atoms with E-state index < -0.39 is 0 Å². The Morgan fingerprint density at radius 3 is 2.84 bits per heavy atom. The molecule has 1 saturated carbocycles. The minimum Gasteiger partial charge on any atom is -0.330 e. The molecule has 3 nitrogen and oxygen atoms in total. The number of hydrogen-bond acceptors (Lipinski definition) is 2. The molecule has 1 fully saturated rings. The summed E-state index contributed by atoms with van der Waals surface area (Å²) in [6, 6.07) is 8.16. The number of benzene rings is 1. The number of hydrogen-bond donors (Lipinski definition) is 1. The van der Waals surface area contributed by atoms with E-state index in [1.807, 2.05) is 24.0 Å². The lowest BCUT2D eigenvalue weighted by Gasteiger charge is -2.27. The molecule has 0 spiro atoms. The predicted molar refractivity (Wildman–Crippen MR) is 79.1 cm³/mol. The fraction of sp³-hybridized carbons (Fsp3) is 0.562. The highest BCUT2D eigenvalue weighted by molar-refractivity contribution is 5.95. The standard InChI is InChI=1S/C16H24N2O/c1-3-18(14-8-4-6-12(2)10-14)16(19)15-9-5-7-13(15)11-17/h4,6,8,10,13,15H,3,5,7,9,11,17H2,1-2H3/t13-,15-/m1/s1. The first-order valence-corrected chi connectivity index (χ1v) is 7.25. The van der Waals surface area contributed by atoms with Crippen molar-refractivity contribution in [2.45, 2.75) is 33.1 Å². The van der Waals surface area contributed by atoms with Gasteiger partial charge in [-0.25, -0.2) is 0 Å². The van der Waals surface area contributed by atoms with Crippen LogP contribution >= 0.6 is 0 Å². The van der Waals surface area contributed by atoms with Gasteiger partial charge in [-0.15, -0.1) is 0 Å². The summed E-state index contributed by atoms with van der Waals surface area (Å²) in [4.78, 5) is 14.6. The summed E-state index contributed by atoms with van der Waals surface area (Å²) in [7, 11) is 0. The lowest BCUT2D eigenvalue weighted by Crippen LogP contribution is -2.39. The van der Waals surface area contributed by atoms with E-state index in [0.29, 0.717) is 12.5 Å². The van der Waals surface area contributed by atoms with Gasteiger partial charge in [0, 0.05) is 18.2 Å². The third-order valence-corrected chi connectivity index (χ3v) is 4.17. The number of nitrogens with two attached hydrogens (primary N) is 1. The van der Waals surface area contributed by atoms with E-state index >= 15 is 0 Å². The van der Waals surface area contributed by atoms with Crippen LogP contribution in [0.5, 0.6) is 0 Å². The van der Waals surface area contributed by atoms with Gasteiger partial charge >= 0.3 is 0 Å². The lowest BCUT2D eigenvalue weighted by atomic mass is 9.94. The number of carbonyl (C=O) groups excluding carboxylic acids is 1. The Kier molecular flexibility index (Phi) is 4.59. The van der Waals surface area contributed by atoms with Gasteiger partial charge in [-0.2, -0.15) is 0 Å².